The predicted octanol–water partition coefficient (Wildman–Crippen LogP) is 7.38. The van der Waals surface area contributed by atoms with Crippen LogP contribution in [-0.2, 0) is 0 Å². The topological polar surface area (TPSA) is 37.5 Å². The number of hydrogen-bond donors (Lipinski definition) is 1. The first-order chi connectivity index (χ1) is 15.3. The summed E-state index contributed by atoms with van der Waals surface area (Å²) in [4.78, 5) is 4.99. The summed E-state index contributed by atoms with van der Waals surface area (Å²) in [6.07, 6.45) is 2.20. The molecular formula is C27H16N2OS. The SMILES string of the molecule is Oc1ccc(-c2cn3c4ccccc4nc3c3sc4cc5ccccc5cc4c23)cc1. The molecule has 7 rings (SSSR count). The highest BCUT2D eigenvalue weighted by atomic mass is 32.1. The normalized spacial score (nSPS) is 12.0. The molecule has 0 atom stereocenters. The lowest BCUT2D eigenvalue weighted by atomic mass is 10.00. The van der Waals surface area contributed by atoms with E-state index < -0.39 is 0 Å². The van der Waals surface area contributed by atoms with Crippen molar-refractivity contribution in [2.75, 3.05) is 0 Å². The van der Waals surface area contributed by atoms with Gasteiger partial charge in [0.15, 0.2) is 5.65 Å². The molecule has 7 aromatic rings. The number of benzene rings is 4. The Balaban J connectivity index is 1.73. The van der Waals surface area contributed by atoms with Gasteiger partial charge in [0.25, 0.3) is 0 Å². The molecule has 0 saturated heterocycles. The van der Waals surface area contributed by atoms with E-state index in [4.69, 9.17) is 4.98 Å². The predicted molar refractivity (Wildman–Crippen MR) is 130 cm³/mol. The molecule has 0 bridgehead atoms. The summed E-state index contributed by atoms with van der Waals surface area (Å²) in [5.41, 5.74) is 5.31. The van der Waals surface area contributed by atoms with E-state index in [1.165, 1.54) is 30.9 Å². The zero-order valence-corrected chi connectivity index (χ0v) is 17.2. The molecule has 0 aliphatic rings. The Bertz CT molecular complexity index is 1790. The smallest absolute Gasteiger partial charge is 0.156 e. The number of pyridine rings is 1. The van der Waals surface area contributed by atoms with Crippen molar-refractivity contribution in [2.45, 2.75) is 0 Å². The van der Waals surface area contributed by atoms with Crippen LogP contribution in [0.3, 0.4) is 0 Å². The fourth-order valence-corrected chi connectivity index (χ4v) is 5.83. The van der Waals surface area contributed by atoms with Crippen molar-refractivity contribution >= 4 is 59.0 Å². The maximum atomic E-state index is 9.83. The fourth-order valence-electron chi connectivity index (χ4n) is 4.60. The lowest BCUT2D eigenvalue weighted by Gasteiger charge is -2.08. The Hall–Kier alpha value is -3.89. The minimum atomic E-state index is 0.273. The van der Waals surface area contributed by atoms with Gasteiger partial charge < -0.3 is 5.11 Å². The van der Waals surface area contributed by atoms with E-state index >= 15 is 0 Å². The summed E-state index contributed by atoms with van der Waals surface area (Å²) in [6.45, 7) is 0. The van der Waals surface area contributed by atoms with Crippen LogP contribution in [0, 0.1) is 0 Å². The highest BCUT2D eigenvalue weighted by Gasteiger charge is 2.18. The molecule has 4 heteroatoms. The van der Waals surface area contributed by atoms with Crippen molar-refractivity contribution in [1.29, 1.82) is 0 Å². The molecule has 0 saturated carbocycles. The van der Waals surface area contributed by atoms with E-state index in [-0.39, 0.29) is 5.75 Å². The van der Waals surface area contributed by atoms with Gasteiger partial charge in [0.1, 0.15) is 5.75 Å². The molecule has 0 amide bonds. The fraction of sp³-hybridized carbons (Fsp3) is 0. The number of fused-ring (bicyclic) bond motifs is 8. The zero-order valence-electron chi connectivity index (χ0n) is 16.4. The molecule has 0 unspecified atom stereocenters. The van der Waals surface area contributed by atoms with Crippen LogP contribution in [0.25, 0.3) is 58.8 Å². The number of aromatic hydroxyl groups is 1. The van der Waals surface area contributed by atoms with Crippen molar-refractivity contribution in [3.05, 3.63) is 91.1 Å². The van der Waals surface area contributed by atoms with Crippen molar-refractivity contribution in [1.82, 2.24) is 9.38 Å². The number of phenols is 1. The second-order valence-corrected chi connectivity index (χ2v) is 8.94. The van der Waals surface area contributed by atoms with Crippen LogP contribution in [0.15, 0.2) is 91.1 Å². The molecule has 3 aromatic heterocycles. The number of hydrogen-bond acceptors (Lipinski definition) is 3. The van der Waals surface area contributed by atoms with Gasteiger partial charge in [0, 0.05) is 27.2 Å². The highest BCUT2D eigenvalue weighted by Crippen LogP contribution is 2.44. The standard InChI is InChI=1S/C27H16N2OS/c30-19-11-9-16(10-12-19)21-15-29-23-8-4-3-7-22(23)28-27(29)26-25(21)20-13-17-5-1-2-6-18(17)14-24(20)31-26/h1-15,30H. The van der Waals surface area contributed by atoms with E-state index in [1.807, 2.05) is 18.2 Å². The molecule has 0 fully saturated rings. The lowest BCUT2D eigenvalue weighted by Crippen LogP contribution is -1.89. The first kappa shape index (κ1) is 16.9. The van der Waals surface area contributed by atoms with E-state index in [0.717, 1.165) is 27.8 Å². The van der Waals surface area contributed by atoms with E-state index in [9.17, 15) is 5.11 Å². The average Bonchev–Trinajstić information content (AvgIpc) is 3.36. The molecule has 1 N–H and O–H groups in total. The molecular weight excluding hydrogens is 400 g/mol. The number of imidazole rings is 1. The summed E-state index contributed by atoms with van der Waals surface area (Å²) in [6, 6.07) is 28.8. The Morgan fingerprint density at radius 3 is 2.39 bits per heavy atom. The average molecular weight is 417 g/mol. The highest BCUT2D eigenvalue weighted by molar-refractivity contribution is 7.26. The summed E-state index contributed by atoms with van der Waals surface area (Å²) >= 11 is 1.80. The Morgan fingerprint density at radius 2 is 1.55 bits per heavy atom. The molecule has 146 valence electrons. The molecule has 31 heavy (non-hydrogen) atoms. The van der Waals surface area contributed by atoms with Gasteiger partial charge in [-0.1, -0.05) is 48.5 Å². The third-order valence-electron chi connectivity index (χ3n) is 6.06. The minimum Gasteiger partial charge on any atom is -0.508 e. The maximum Gasteiger partial charge on any atom is 0.156 e. The third-order valence-corrected chi connectivity index (χ3v) is 7.21. The van der Waals surface area contributed by atoms with Crippen molar-refractivity contribution < 1.29 is 5.11 Å². The second kappa shape index (κ2) is 6.06. The second-order valence-electron chi connectivity index (χ2n) is 7.89. The molecule has 3 heterocycles. The number of rotatable bonds is 1. The molecule has 0 spiro atoms. The van der Waals surface area contributed by atoms with Crippen molar-refractivity contribution in [3.8, 4) is 16.9 Å². The van der Waals surface area contributed by atoms with Gasteiger partial charge in [-0.2, -0.15) is 0 Å². The monoisotopic (exact) mass is 416 g/mol. The molecule has 0 aliphatic carbocycles. The summed E-state index contributed by atoms with van der Waals surface area (Å²) in [5.74, 6) is 0.273. The van der Waals surface area contributed by atoms with Gasteiger partial charge in [-0.15, -0.1) is 11.3 Å². The van der Waals surface area contributed by atoms with E-state index in [0.29, 0.717) is 0 Å². The van der Waals surface area contributed by atoms with Crippen LogP contribution in [0.4, 0.5) is 0 Å². The third kappa shape index (κ3) is 2.36. The van der Waals surface area contributed by atoms with Crippen LogP contribution < -0.4 is 0 Å². The van der Waals surface area contributed by atoms with Crippen LogP contribution in [0.5, 0.6) is 5.75 Å². The van der Waals surface area contributed by atoms with Gasteiger partial charge in [-0.25, -0.2) is 4.98 Å². The number of aromatic nitrogens is 2. The van der Waals surface area contributed by atoms with Crippen LogP contribution in [0.2, 0.25) is 0 Å². The number of nitrogens with zero attached hydrogens (tertiary/aromatic N) is 2. The Kier molecular flexibility index (Phi) is 3.30. The van der Waals surface area contributed by atoms with Crippen LogP contribution in [-0.4, -0.2) is 14.5 Å². The molecule has 0 aliphatic heterocycles. The van der Waals surface area contributed by atoms with Crippen molar-refractivity contribution in [3.63, 3.8) is 0 Å². The number of phenolic OH excluding ortho intramolecular Hbond substituents is 1. The number of para-hydroxylation sites is 2. The van der Waals surface area contributed by atoms with E-state index in [2.05, 4.69) is 65.2 Å². The molecule has 0 radical (unpaired) electrons. The van der Waals surface area contributed by atoms with E-state index in [1.54, 1.807) is 23.5 Å². The van der Waals surface area contributed by atoms with Crippen LogP contribution in [0.1, 0.15) is 0 Å². The minimum absolute atomic E-state index is 0.273. The van der Waals surface area contributed by atoms with Crippen molar-refractivity contribution in [2.24, 2.45) is 0 Å². The van der Waals surface area contributed by atoms with Gasteiger partial charge in [0.2, 0.25) is 0 Å². The largest absolute Gasteiger partial charge is 0.508 e. The van der Waals surface area contributed by atoms with Crippen LogP contribution >= 0.6 is 11.3 Å². The zero-order chi connectivity index (χ0) is 20.5. The van der Waals surface area contributed by atoms with Gasteiger partial charge in [0.05, 0.1) is 15.7 Å². The first-order valence-electron chi connectivity index (χ1n) is 10.2. The maximum absolute atomic E-state index is 9.83. The first-order valence-corrected chi connectivity index (χ1v) is 11.0. The summed E-state index contributed by atoms with van der Waals surface area (Å²) < 4.78 is 4.65. The lowest BCUT2D eigenvalue weighted by molar-refractivity contribution is 0.475. The quantitative estimate of drug-likeness (QED) is 0.303. The Labute approximate surface area is 181 Å². The summed E-state index contributed by atoms with van der Waals surface area (Å²) in [7, 11) is 0. The molecule has 3 nitrogen and oxygen atoms in total. The van der Waals surface area contributed by atoms with Gasteiger partial charge in [-0.05, 0) is 52.7 Å². The Morgan fingerprint density at radius 1 is 0.806 bits per heavy atom. The van der Waals surface area contributed by atoms with Gasteiger partial charge in [-0.3, -0.25) is 4.40 Å². The molecule has 4 aromatic carbocycles. The van der Waals surface area contributed by atoms with Gasteiger partial charge >= 0.3 is 0 Å². The summed E-state index contributed by atoms with van der Waals surface area (Å²) in [5, 5.41) is 14.8. The number of thiophene rings is 1.